The quantitative estimate of drug-likeness (QED) is 0.500. The van der Waals surface area contributed by atoms with Gasteiger partial charge in [0.05, 0.1) is 12.3 Å². The number of aromatic amines is 2. The van der Waals surface area contributed by atoms with Gasteiger partial charge in [-0.25, -0.2) is 4.79 Å². The van der Waals surface area contributed by atoms with Gasteiger partial charge in [-0.2, -0.15) is 10.2 Å². The van der Waals surface area contributed by atoms with Crippen LogP contribution in [0.25, 0.3) is 11.4 Å². The summed E-state index contributed by atoms with van der Waals surface area (Å²) in [6.07, 6.45) is 2.41. The fraction of sp³-hybridized carbons (Fsp3) is 0.300. The summed E-state index contributed by atoms with van der Waals surface area (Å²) in [7, 11) is 0. The third-order valence-electron chi connectivity index (χ3n) is 2.09. The number of nitrogens with zero attached hydrogens (tertiary/aromatic N) is 2. The first-order chi connectivity index (χ1) is 8.31. The number of hydrogen-bond donors (Lipinski definition) is 2. The topological polar surface area (TPSA) is 83.7 Å². The fourth-order valence-electron chi connectivity index (χ4n) is 1.26. The highest BCUT2D eigenvalue weighted by Crippen LogP contribution is 2.14. The molecule has 2 aromatic rings. The Balaban J connectivity index is 2.01. The van der Waals surface area contributed by atoms with Crippen molar-refractivity contribution < 1.29 is 9.53 Å². The zero-order chi connectivity index (χ0) is 12.1. The van der Waals surface area contributed by atoms with Crippen LogP contribution in [0.2, 0.25) is 0 Å². The number of aromatic nitrogens is 4. The number of ether oxygens (including phenoxy) is 1. The molecule has 0 fully saturated rings. The minimum Gasteiger partial charge on any atom is -0.461 e. The highest BCUT2D eigenvalue weighted by atomic mass is 79.9. The predicted molar refractivity (Wildman–Crippen MR) is 64.9 cm³/mol. The van der Waals surface area contributed by atoms with Crippen molar-refractivity contribution >= 4 is 21.9 Å². The van der Waals surface area contributed by atoms with E-state index in [2.05, 4.69) is 36.3 Å². The van der Waals surface area contributed by atoms with Crippen LogP contribution in [-0.2, 0) is 4.74 Å². The van der Waals surface area contributed by atoms with Gasteiger partial charge in [-0.05, 0) is 12.5 Å². The summed E-state index contributed by atoms with van der Waals surface area (Å²) in [5.74, 6) is -0.399. The SMILES string of the molecule is O=C(OCCCBr)c1cc(-c2ccn[nH]2)n[nH]1. The average Bonchev–Trinajstić information content (AvgIpc) is 3.00. The van der Waals surface area contributed by atoms with Crippen molar-refractivity contribution in [2.45, 2.75) is 6.42 Å². The molecule has 0 aliphatic rings. The van der Waals surface area contributed by atoms with E-state index in [1.807, 2.05) is 0 Å². The Morgan fingerprint density at radius 3 is 3.06 bits per heavy atom. The molecule has 0 saturated carbocycles. The van der Waals surface area contributed by atoms with Gasteiger partial charge in [-0.1, -0.05) is 15.9 Å². The lowest BCUT2D eigenvalue weighted by Gasteiger charge is -1.99. The maximum atomic E-state index is 11.6. The molecule has 0 aliphatic heterocycles. The summed E-state index contributed by atoms with van der Waals surface area (Å²) in [6, 6.07) is 3.40. The van der Waals surface area contributed by atoms with Crippen molar-refractivity contribution in [2.24, 2.45) is 0 Å². The Labute approximate surface area is 106 Å². The lowest BCUT2D eigenvalue weighted by molar-refractivity contribution is 0.0499. The first kappa shape index (κ1) is 11.8. The van der Waals surface area contributed by atoms with Crippen molar-refractivity contribution in [3.63, 3.8) is 0 Å². The molecule has 2 heterocycles. The highest BCUT2D eigenvalue weighted by Gasteiger charge is 2.12. The number of hydrogen-bond acceptors (Lipinski definition) is 4. The average molecular weight is 299 g/mol. The maximum Gasteiger partial charge on any atom is 0.356 e. The lowest BCUT2D eigenvalue weighted by atomic mass is 10.3. The number of carbonyl (C=O) groups is 1. The number of nitrogens with one attached hydrogen (secondary N) is 2. The van der Waals surface area contributed by atoms with Crippen LogP contribution in [-0.4, -0.2) is 38.3 Å². The largest absolute Gasteiger partial charge is 0.461 e. The normalized spacial score (nSPS) is 10.4. The Bertz CT molecular complexity index is 480. The van der Waals surface area contributed by atoms with E-state index in [-0.39, 0.29) is 0 Å². The molecule has 0 atom stereocenters. The van der Waals surface area contributed by atoms with Gasteiger partial charge in [0.1, 0.15) is 11.4 Å². The summed E-state index contributed by atoms with van der Waals surface area (Å²) in [5.41, 5.74) is 1.72. The Morgan fingerprint density at radius 2 is 2.35 bits per heavy atom. The second kappa shape index (κ2) is 5.62. The summed E-state index contributed by atoms with van der Waals surface area (Å²) in [5, 5.41) is 14.0. The van der Waals surface area contributed by atoms with Crippen molar-refractivity contribution in [1.29, 1.82) is 0 Å². The molecule has 0 bridgehead atoms. The van der Waals surface area contributed by atoms with E-state index in [4.69, 9.17) is 4.74 Å². The van der Waals surface area contributed by atoms with Gasteiger partial charge in [-0.15, -0.1) is 0 Å². The number of alkyl halides is 1. The molecule has 0 saturated heterocycles. The number of esters is 1. The molecule has 7 heteroatoms. The van der Waals surface area contributed by atoms with Gasteiger partial charge < -0.3 is 4.74 Å². The van der Waals surface area contributed by atoms with Crippen molar-refractivity contribution in [1.82, 2.24) is 20.4 Å². The summed E-state index contributed by atoms with van der Waals surface area (Å²) >= 11 is 3.26. The fourth-order valence-corrected chi connectivity index (χ4v) is 1.49. The molecular formula is C10H11BrN4O2. The monoisotopic (exact) mass is 298 g/mol. The molecule has 2 rings (SSSR count). The van der Waals surface area contributed by atoms with Crippen LogP contribution in [0.5, 0.6) is 0 Å². The van der Waals surface area contributed by atoms with E-state index >= 15 is 0 Å². The van der Waals surface area contributed by atoms with Crippen LogP contribution in [0.3, 0.4) is 0 Å². The number of H-pyrrole nitrogens is 2. The molecule has 90 valence electrons. The third-order valence-corrected chi connectivity index (χ3v) is 2.65. The summed E-state index contributed by atoms with van der Waals surface area (Å²) < 4.78 is 5.03. The van der Waals surface area contributed by atoms with Gasteiger partial charge in [-0.3, -0.25) is 10.2 Å². The van der Waals surface area contributed by atoms with Crippen LogP contribution in [0.4, 0.5) is 0 Å². The third kappa shape index (κ3) is 2.94. The minimum atomic E-state index is -0.399. The van der Waals surface area contributed by atoms with Crippen molar-refractivity contribution in [2.75, 3.05) is 11.9 Å². The standard InChI is InChI=1S/C10H11BrN4O2/c11-3-1-5-17-10(16)9-6-8(14-15-9)7-2-4-12-13-7/h2,4,6H,1,3,5H2,(H,12,13)(H,14,15). The van der Waals surface area contributed by atoms with Gasteiger partial charge in [0.25, 0.3) is 0 Å². The second-order valence-corrected chi connectivity index (χ2v) is 4.11. The highest BCUT2D eigenvalue weighted by molar-refractivity contribution is 9.09. The van der Waals surface area contributed by atoms with E-state index in [0.29, 0.717) is 18.0 Å². The van der Waals surface area contributed by atoms with Crippen molar-refractivity contribution in [3.05, 3.63) is 24.0 Å². The molecule has 0 aromatic carbocycles. The van der Waals surface area contributed by atoms with E-state index in [9.17, 15) is 4.79 Å². The van der Waals surface area contributed by atoms with Crippen LogP contribution in [0.1, 0.15) is 16.9 Å². The minimum absolute atomic E-state index is 0.337. The van der Waals surface area contributed by atoms with E-state index < -0.39 is 5.97 Å². The lowest BCUT2D eigenvalue weighted by Crippen LogP contribution is -2.07. The molecule has 0 amide bonds. The molecule has 0 unspecified atom stereocenters. The van der Waals surface area contributed by atoms with Gasteiger partial charge >= 0.3 is 5.97 Å². The number of rotatable bonds is 5. The van der Waals surface area contributed by atoms with Crippen molar-refractivity contribution in [3.8, 4) is 11.4 Å². The number of carbonyl (C=O) groups excluding carboxylic acids is 1. The van der Waals surface area contributed by atoms with Gasteiger partial charge in [0, 0.05) is 17.6 Å². The first-order valence-electron chi connectivity index (χ1n) is 5.09. The zero-order valence-electron chi connectivity index (χ0n) is 8.94. The molecule has 0 radical (unpaired) electrons. The maximum absolute atomic E-state index is 11.6. The summed E-state index contributed by atoms with van der Waals surface area (Å²) in [6.45, 7) is 0.391. The second-order valence-electron chi connectivity index (χ2n) is 3.32. The Kier molecular flexibility index (Phi) is 3.92. The van der Waals surface area contributed by atoms with E-state index in [0.717, 1.165) is 17.4 Å². The molecule has 0 spiro atoms. The zero-order valence-corrected chi connectivity index (χ0v) is 10.5. The van der Waals surface area contributed by atoms with Crippen LogP contribution in [0, 0.1) is 0 Å². The molecule has 6 nitrogen and oxygen atoms in total. The van der Waals surface area contributed by atoms with E-state index in [1.165, 1.54) is 0 Å². The van der Waals surface area contributed by atoms with Crippen LogP contribution < -0.4 is 0 Å². The molecular weight excluding hydrogens is 288 g/mol. The predicted octanol–water partition coefficient (Wildman–Crippen LogP) is 1.74. The molecule has 17 heavy (non-hydrogen) atoms. The number of halogens is 1. The van der Waals surface area contributed by atoms with Crippen LogP contribution >= 0.6 is 15.9 Å². The van der Waals surface area contributed by atoms with Gasteiger partial charge in [0.2, 0.25) is 0 Å². The van der Waals surface area contributed by atoms with Crippen LogP contribution in [0.15, 0.2) is 18.3 Å². The summed E-state index contributed by atoms with van der Waals surface area (Å²) in [4.78, 5) is 11.6. The first-order valence-corrected chi connectivity index (χ1v) is 6.21. The smallest absolute Gasteiger partial charge is 0.356 e. The Morgan fingerprint density at radius 1 is 1.47 bits per heavy atom. The van der Waals surface area contributed by atoms with E-state index in [1.54, 1.807) is 18.3 Å². The van der Waals surface area contributed by atoms with Gasteiger partial charge in [0.15, 0.2) is 0 Å². The Hall–Kier alpha value is -1.63. The molecule has 2 aromatic heterocycles. The molecule has 2 N–H and O–H groups in total. The molecule has 0 aliphatic carbocycles.